The zero-order valence-electron chi connectivity index (χ0n) is 16.6. The van der Waals surface area contributed by atoms with E-state index >= 15 is 0 Å². The monoisotopic (exact) mass is 448 g/mol. The SMILES string of the molecule is O=C(Nc1cc(-c2cccs2)nn1-c1nc2c(c(=O)[nH]1)CCC2)c1ccccc1[N+](=O)[O-]. The van der Waals surface area contributed by atoms with Gasteiger partial charge in [0.25, 0.3) is 17.2 Å². The van der Waals surface area contributed by atoms with Crippen molar-refractivity contribution in [3.63, 3.8) is 0 Å². The molecular formula is C21H16N6O4S. The van der Waals surface area contributed by atoms with E-state index in [1.54, 1.807) is 12.1 Å². The van der Waals surface area contributed by atoms with E-state index in [-0.39, 0.29) is 28.6 Å². The van der Waals surface area contributed by atoms with Crippen LogP contribution in [0.4, 0.5) is 11.5 Å². The second-order valence-electron chi connectivity index (χ2n) is 7.20. The minimum Gasteiger partial charge on any atom is -0.306 e. The molecule has 160 valence electrons. The Bertz CT molecular complexity index is 1410. The Balaban J connectivity index is 1.60. The van der Waals surface area contributed by atoms with Gasteiger partial charge in [-0.2, -0.15) is 9.78 Å². The number of aryl methyl sites for hydroxylation is 1. The van der Waals surface area contributed by atoms with Crippen LogP contribution in [0.5, 0.6) is 0 Å². The molecule has 0 radical (unpaired) electrons. The van der Waals surface area contributed by atoms with E-state index in [0.29, 0.717) is 29.8 Å². The van der Waals surface area contributed by atoms with Crippen LogP contribution in [0.25, 0.3) is 16.5 Å². The number of aromatic amines is 1. The van der Waals surface area contributed by atoms with Crippen molar-refractivity contribution in [1.29, 1.82) is 0 Å². The number of anilines is 1. The maximum absolute atomic E-state index is 12.9. The van der Waals surface area contributed by atoms with Gasteiger partial charge in [0.15, 0.2) is 0 Å². The van der Waals surface area contributed by atoms with Gasteiger partial charge in [0, 0.05) is 17.7 Å². The summed E-state index contributed by atoms with van der Waals surface area (Å²) in [7, 11) is 0. The predicted octanol–water partition coefficient (Wildman–Crippen LogP) is 3.33. The first-order valence-electron chi connectivity index (χ1n) is 9.82. The number of nitro groups is 1. The van der Waals surface area contributed by atoms with Crippen molar-refractivity contribution in [3.05, 3.63) is 85.1 Å². The molecule has 11 heteroatoms. The Morgan fingerprint density at radius 1 is 1.22 bits per heavy atom. The maximum Gasteiger partial charge on any atom is 0.282 e. The summed E-state index contributed by atoms with van der Waals surface area (Å²) in [6.07, 6.45) is 2.23. The summed E-state index contributed by atoms with van der Waals surface area (Å²) in [6, 6.07) is 11.1. The summed E-state index contributed by atoms with van der Waals surface area (Å²) in [6.45, 7) is 0. The molecule has 0 saturated heterocycles. The standard InChI is InChI=1S/C21H16N6O4S/c28-19-12-6-3-7-14(12)22-21(24-19)26-18(11-15(25-26)17-9-4-10-32-17)23-20(29)13-5-1-2-8-16(13)27(30)31/h1-2,4-5,8-11H,3,6-7H2,(H,23,29)(H,22,24,28). The van der Waals surface area contributed by atoms with E-state index in [4.69, 9.17) is 0 Å². The number of benzene rings is 1. The molecule has 0 spiro atoms. The molecule has 0 bridgehead atoms. The number of carbonyl (C=O) groups excluding carboxylic acids is 1. The Kier molecular flexibility index (Phi) is 4.86. The van der Waals surface area contributed by atoms with Gasteiger partial charge >= 0.3 is 0 Å². The lowest BCUT2D eigenvalue weighted by molar-refractivity contribution is -0.385. The van der Waals surface area contributed by atoms with Crippen molar-refractivity contribution in [2.24, 2.45) is 0 Å². The molecule has 3 aromatic heterocycles. The van der Waals surface area contributed by atoms with Gasteiger partial charge in [0.05, 0.1) is 15.5 Å². The van der Waals surface area contributed by atoms with Crippen LogP contribution in [0.2, 0.25) is 0 Å². The largest absolute Gasteiger partial charge is 0.306 e. The van der Waals surface area contributed by atoms with Crippen molar-refractivity contribution in [2.45, 2.75) is 19.3 Å². The third-order valence-corrected chi connectivity index (χ3v) is 6.09. The Morgan fingerprint density at radius 2 is 2.06 bits per heavy atom. The number of nitrogens with zero attached hydrogens (tertiary/aromatic N) is 4. The van der Waals surface area contributed by atoms with E-state index in [1.165, 1.54) is 34.2 Å². The molecule has 1 amide bonds. The molecule has 1 aliphatic carbocycles. The van der Waals surface area contributed by atoms with Gasteiger partial charge in [-0.05, 0) is 36.8 Å². The van der Waals surface area contributed by atoms with Crippen LogP contribution in [0, 0.1) is 10.1 Å². The lowest BCUT2D eigenvalue weighted by Gasteiger charge is -2.09. The first-order valence-corrected chi connectivity index (χ1v) is 10.7. The number of hydrogen-bond donors (Lipinski definition) is 2. The fraction of sp³-hybridized carbons (Fsp3) is 0.143. The third kappa shape index (κ3) is 3.48. The minimum absolute atomic E-state index is 0.0849. The predicted molar refractivity (Wildman–Crippen MR) is 118 cm³/mol. The zero-order chi connectivity index (χ0) is 22.2. The van der Waals surface area contributed by atoms with E-state index in [1.807, 2.05) is 17.5 Å². The molecule has 10 nitrogen and oxygen atoms in total. The molecule has 5 rings (SSSR count). The number of amides is 1. The minimum atomic E-state index is -0.667. The normalized spacial score (nSPS) is 12.5. The lowest BCUT2D eigenvalue weighted by Crippen LogP contribution is -2.21. The first kappa shape index (κ1) is 19.8. The summed E-state index contributed by atoms with van der Waals surface area (Å²) in [4.78, 5) is 44.3. The highest BCUT2D eigenvalue weighted by Crippen LogP contribution is 2.28. The van der Waals surface area contributed by atoms with Gasteiger partial charge in [-0.1, -0.05) is 18.2 Å². The Morgan fingerprint density at radius 3 is 2.84 bits per heavy atom. The molecule has 0 saturated carbocycles. The van der Waals surface area contributed by atoms with E-state index in [2.05, 4.69) is 20.4 Å². The van der Waals surface area contributed by atoms with E-state index in [0.717, 1.165) is 11.3 Å². The highest BCUT2D eigenvalue weighted by molar-refractivity contribution is 7.13. The average molecular weight is 448 g/mol. The number of aromatic nitrogens is 4. The van der Waals surface area contributed by atoms with Gasteiger partial charge in [0.1, 0.15) is 17.1 Å². The van der Waals surface area contributed by atoms with Crippen LogP contribution in [0.1, 0.15) is 28.0 Å². The van der Waals surface area contributed by atoms with Crippen LogP contribution in [0.15, 0.2) is 52.6 Å². The van der Waals surface area contributed by atoms with E-state index < -0.39 is 10.8 Å². The van der Waals surface area contributed by atoms with Crippen LogP contribution in [0.3, 0.4) is 0 Å². The van der Waals surface area contributed by atoms with Crippen molar-refractivity contribution >= 4 is 28.7 Å². The quantitative estimate of drug-likeness (QED) is 0.355. The van der Waals surface area contributed by atoms with Gasteiger partial charge in [0.2, 0.25) is 5.95 Å². The molecule has 0 fully saturated rings. The Hall–Kier alpha value is -4.12. The molecule has 2 N–H and O–H groups in total. The Labute approximate surface area is 184 Å². The summed E-state index contributed by atoms with van der Waals surface area (Å²) in [5.74, 6) is -0.256. The summed E-state index contributed by atoms with van der Waals surface area (Å²) in [5, 5.41) is 20.5. The number of thiophene rings is 1. The van der Waals surface area contributed by atoms with Crippen molar-refractivity contribution in [3.8, 4) is 16.5 Å². The van der Waals surface area contributed by atoms with Crippen molar-refractivity contribution in [1.82, 2.24) is 19.7 Å². The van der Waals surface area contributed by atoms with Crippen LogP contribution < -0.4 is 10.9 Å². The van der Waals surface area contributed by atoms with Gasteiger partial charge < -0.3 is 5.32 Å². The van der Waals surface area contributed by atoms with Gasteiger partial charge in [-0.15, -0.1) is 11.3 Å². The smallest absolute Gasteiger partial charge is 0.282 e. The molecule has 1 aliphatic rings. The summed E-state index contributed by atoms with van der Waals surface area (Å²) < 4.78 is 1.35. The summed E-state index contributed by atoms with van der Waals surface area (Å²) >= 11 is 1.47. The molecule has 4 aromatic rings. The van der Waals surface area contributed by atoms with Crippen LogP contribution in [-0.4, -0.2) is 30.6 Å². The number of nitro benzene ring substituents is 1. The lowest BCUT2D eigenvalue weighted by atomic mass is 10.1. The van der Waals surface area contributed by atoms with Gasteiger partial charge in [-0.3, -0.25) is 24.7 Å². The zero-order valence-corrected chi connectivity index (χ0v) is 17.4. The topological polar surface area (TPSA) is 136 Å². The number of carbonyl (C=O) groups is 1. The fourth-order valence-electron chi connectivity index (χ4n) is 3.71. The summed E-state index contributed by atoms with van der Waals surface area (Å²) in [5.41, 5.74) is 1.34. The first-order chi connectivity index (χ1) is 15.5. The molecular weight excluding hydrogens is 432 g/mol. The molecule has 1 aromatic carbocycles. The number of fused-ring (bicyclic) bond motifs is 1. The molecule has 3 heterocycles. The third-order valence-electron chi connectivity index (χ3n) is 5.20. The number of para-hydroxylation sites is 1. The second kappa shape index (κ2) is 7.85. The van der Waals surface area contributed by atoms with Crippen LogP contribution >= 0.6 is 11.3 Å². The number of nitrogens with one attached hydrogen (secondary N) is 2. The average Bonchev–Trinajstić information content (AvgIpc) is 3.54. The molecule has 32 heavy (non-hydrogen) atoms. The second-order valence-corrected chi connectivity index (χ2v) is 8.15. The number of rotatable bonds is 5. The highest BCUT2D eigenvalue weighted by atomic mass is 32.1. The van der Waals surface area contributed by atoms with Crippen LogP contribution in [-0.2, 0) is 12.8 Å². The van der Waals surface area contributed by atoms with Crippen molar-refractivity contribution in [2.75, 3.05) is 5.32 Å². The highest BCUT2D eigenvalue weighted by Gasteiger charge is 2.24. The number of H-pyrrole nitrogens is 1. The molecule has 0 atom stereocenters. The maximum atomic E-state index is 12.9. The fourth-order valence-corrected chi connectivity index (χ4v) is 4.40. The van der Waals surface area contributed by atoms with E-state index in [9.17, 15) is 19.7 Å². The van der Waals surface area contributed by atoms with Crippen molar-refractivity contribution < 1.29 is 9.72 Å². The number of hydrogen-bond acceptors (Lipinski definition) is 7. The molecule has 0 unspecified atom stereocenters. The van der Waals surface area contributed by atoms with Gasteiger partial charge in [-0.25, -0.2) is 4.98 Å². The molecule has 0 aliphatic heterocycles.